The van der Waals surface area contributed by atoms with Gasteiger partial charge in [-0.1, -0.05) is 44.2 Å². The lowest BCUT2D eigenvalue weighted by molar-refractivity contribution is -0.122. The number of aryl methyl sites for hydroxylation is 1. The lowest BCUT2D eigenvalue weighted by Gasteiger charge is -2.58. The minimum Gasteiger partial charge on any atom is -0.349 e. The number of hydrogen-bond acceptors (Lipinski definition) is 3. The molecule has 4 heteroatoms. The van der Waals surface area contributed by atoms with Crippen LogP contribution < -0.4 is 5.32 Å². The van der Waals surface area contributed by atoms with E-state index >= 15 is 0 Å². The van der Waals surface area contributed by atoms with Crippen molar-refractivity contribution in [1.29, 1.82) is 0 Å². The second-order valence-electron chi connectivity index (χ2n) is 10.9. The topological polar surface area (TPSA) is 46.2 Å². The summed E-state index contributed by atoms with van der Waals surface area (Å²) in [5.41, 5.74) is 2.29. The molecule has 0 radical (unpaired) electrons. The zero-order valence-corrected chi connectivity index (χ0v) is 19.7. The molecular weight excluding hydrogens is 402 g/mol. The van der Waals surface area contributed by atoms with Crippen molar-refractivity contribution in [3.8, 4) is 0 Å². The van der Waals surface area contributed by atoms with Crippen LogP contribution in [0.15, 0.2) is 36.4 Å². The fourth-order valence-electron chi connectivity index (χ4n) is 7.93. The molecule has 0 saturated heterocycles. The molecule has 31 heavy (non-hydrogen) atoms. The number of Topliss-reactive ketones (excluding diaryl/α,β-unsaturated/α-hetero) is 1. The van der Waals surface area contributed by atoms with Crippen LogP contribution in [0.3, 0.4) is 0 Å². The van der Waals surface area contributed by atoms with Gasteiger partial charge in [-0.15, -0.1) is 0 Å². The van der Waals surface area contributed by atoms with Crippen LogP contribution in [0.1, 0.15) is 68.3 Å². The molecule has 0 bridgehead atoms. The Morgan fingerprint density at radius 2 is 1.84 bits per heavy atom. The van der Waals surface area contributed by atoms with Crippen molar-refractivity contribution in [3.05, 3.63) is 47.5 Å². The van der Waals surface area contributed by atoms with Crippen LogP contribution in [0.4, 0.5) is 0 Å². The summed E-state index contributed by atoms with van der Waals surface area (Å²) in [7, 11) is 0. The number of carbonyl (C=O) groups excluding carboxylic acids is 2. The molecule has 2 unspecified atom stereocenters. The summed E-state index contributed by atoms with van der Waals surface area (Å²) in [4.78, 5) is 25.5. The summed E-state index contributed by atoms with van der Waals surface area (Å²) in [5, 5.41) is 3.24. The van der Waals surface area contributed by atoms with E-state index in [1.54, 1.807) is 6.08 Å². The minimum absolute atomic E-state index is 0.0586. The highest BCUT2D eigenvalue weighted by Gasteiger charge is 2.60. The standard InChI is InChI=1S/C27H35NO2S/c1-26-14-11-21-19(7-10-23-27(21,2)15-12-24(29)28-23)20(26)8-9-22(26)25(30)18-5-3-17(4-6-18)13-16-31/h3-6,12,15,19-23,31H,7-11,13-14,16H2,1-2H3,(H,28,29)/t19-,20-,21+,22?,23?,26-,27+/m0/s1. The van der Waals surface area contributed by atoms with Crippen LogP contribution in [-0.4, -0.2) is 23.5 Å². The normalized spacial score (nSPS) is 41.1. The molecule has 0 aromatic heterocycles. The lowest BCUT2D eigenvalue weighted by Crippen LogP contribution is -2.59. The molecule has 1 aromatic rings. The van der Waals surface area contributed by atoms with Gasteiger partial charge in [-0.05, 0) is 85.5 Å². The molecule has 1 N–H and O–H groups in total. The van der Waals surface area contributed by atoms with E-state index in [0.29, 0.717) is 23.5 Å². The minimum atomic E-state index is 0.0586. The highest BCUT2D eigenvalue weighted by Crippen LogP contribution is 2.65. The fraction of sp³-hybridized carbons (Fsp3) is 0.630. The van der Waals surface area contributed by atoms with Crippen LogP contribution >= 0.6 is 12.6 Å². The zero-order chi connectivity index (χ0) is 21.8. The number of hydrogen-bond donors (Lipinski definition) is 2. The Morgan fingerprint density at radius 1 is 1.06 bits per heavy atom. The molecule has 3 nitrogen and oxygen atoms in total. The van der Waals surface area contributed by atoms with Crippen molar-refractivity contribution in [2.45, 2.75) is 64.8 Å². The van der Waals surface area contributed by atoms with E-state index in [1.165, 1.54) is 18.4 Å². The molecule has 5 rings (SSSR count). The lowest BCUT2D eigenvalue weighted by atomic mass is 9.47. The molecule has 3 saturated carbocycles. The quantitative estimate of drug-likeness (QED) is 0.499. The predicted octanol–water partition coefficient (Wildman–Crippen LogP) is 5.26. The molecule has 1 aromatic carbocycles. The fourth-order valence-corrected chi connectivity index (χ4v) is 8.19. The van der Waals surface area contributed by atoms with Gasteiger partial charge < -0.3 is 5.32 Å². The van der Waals surface area contributed by atoms with Gasteiger partial charge in [0.1, 0.15) is 0 Å². The van der Waals surface area contributed by atoms with Crippen LogP contribution in [-0.2, 0) is 11.2 Å². The highest BCUT2D eigenvalue weighted by molar-refractivity contribution is 7.80. The van der Waals surface area contributed by atoms with Crippen molar-refractivity contribution in [1.82, 2.24) is 5.32 Å². The Bertz CT molecular complexity index is 908. The van der Waals surface area contributed by atoms with Crippen LogP contribution in [0.5, 0.6) is 0 Å². The van der Waals surface area contributed by atoms with E-state index in [1.807, 2.05) is 12.1 Å². The maximum absolute atomic E-state index is 13.6. The Labute approximate surface area is 191 Å². The number of amides is 1. The molecule has 3 fully saturated rings. The first-order chi connectivity index (χ1) is 14.9. The van der Waals surface area contributed by atoms with Crippen molar-refractivity contribution in [2.75, 3.05) is 5.75 Å². The number of thiol groups is 1. The second-order valence-corrected chi connectivity index (χ2v) is 11.4. The number of ketones is 1. The average Bonchev–Trinajstić information content (AvgIpc) is 3.12. The Morgan fingerprint density at radius 3 is 2.58 bits per heavy atom. The maximum atomic E-state index is 13.6. The smallest absolute Gasteiger partial charge is 0.243 e. The molecule has 7 atom stereocenters. The molecule has 4 aliphatic rings. The number of fused-ring (bicyclic) bond motifs is 5. The van der Waals surface area contributed by atoms with Crippen LogP contribution in [0.25, 0.3) is 0 Å². The summed E-state index contributed by atoms with van der Waals surface area (Å²) in [6, 6.07) is 8.53. The van der Waals surface area contributed by atoms with E-state index in [-0.39, 0.29) is 28.7 Å². The molecule has 3 aliphatic carbocycles. The van der Waals surface area contributed by atoms with E-state index < -0.39 is 0 Å². The van der Waals surface area contributed by atoms with Gasteiger partial charge >= 0.3 is 0 Å². The maximum Gasteiger partial charge on any atom is 0.243 e. The second kappa shape index (κ2) is 7.79. The monoisotopic (exact) mass is 437 g/mol. The van der Waals surface area contributed by atoms with Gasteiger partial charge in [-0.25, -0.2) is 0 Å². The first-order valence-electron chi connectivity index (χ1n) is 12.1. The van der Waals surface area contributed by atoms with E-state index in [2.05, 4.69) is 50.0 Å². The first kappa shape index (κ1) is 21.3. The van der Waals surface area contributed by atoms with E-state index in [9.17, 15) is 9.59 Å². The summed E-state index contributed by atoms with van der Waals surface area (Å²) in [6.07, 6.45) is 11.6. The van der Waals surface area contributed by atoms with E-state index in [0.717, 1.165) is 43.4 Å². The van der Waals surface area contributed by atoms with Crippen molar-refractivity contribution in [3.63, 3.8) is 0 Å². The predicted molar refractivity (Wildman–Crippen MR) is 127 cm³/mol. The Kier molecular flexibility index (Phi) is 5.36. The Hall–Kier alpha value is -1.55. The van der Waals surface area contributed by atoms with Gasteiger partial charge in [0.15, 0.2) is 5.78 Å². The van der Waals surface area contributed by atoms with Crippen LogP contribution in [0.2, 0.25) is 0 Å². The summed E-state index contributed by atoms with van der Waals surface area (Å²) < 4.78 is 0. The van der Waals surface area contributed by atoms with Gasteiger partial charge in [-0.2, -0.15) is 12.6 Å². The molecule has 1 amide bonds. The summed E-state index contributed by atoms with van der Waals surface area (Å²) in [6.45, 7) is 4.77. The highest BCUT2D eigenvalue weighted by atomic mass is 32.1. The third-order valence-corrected chi connectivity index (χ3v) is 9.86. The molecule has 166 valence electrons. The van der Waals surface area contributed by atoms with Crippen molar-refractivity contribution < 1.29 is 9.59 Å². The summed E-state index contributed by atoms with van der Waals surface area (Å²) >= 11 is 4.32. The SMILES string of the molecule is C[C@]12C=CC(=O)NC1CC[C@@H]1[C@H]2CC[C@]2(C)C(C(=O)c3ccc(CCS)cc3)CC[C@@H]12. The Balaban J connectivity index is 1.38. The summed E-state index contributed by atoms with van der Waals surface area (Å²) in [5.74, 6) is 3.27. The van der Waals surface area contributed by atoms with Gasteiger partial charge in [-0.3, -0.25) is 9.59 Å². The molecule has 1 heterocycles. The van der Waals surface area contributed by atoms with Gasteiger partial charge in [0, 0.05) is 22.9 Å². The largest absolute Gasteiger partial charge is 0.349 e. The molecular formula is C27H35NO2S. The van der Waals surface area contributed by atoms with Crippen molar-refractivity contribution >= 4 is 24.3 Å². The number of nitrogens with one attached hydrogen (secondary N) is 1. The number of carbonyl (C=O) groups is 2. The number of rotatable bonds is 4. The third kappa shape index (κ3) is 3.32. The van der Waals surface area contributed by atoms with E-state index in [4.69, 9.17) is 0 Å². The van der Waals surface area contributed by atoms with Gasteiger partial charge in [0.05, 0.1) is 0 Å². The average molecular weight is 438 g/mol. The zero-order valence-electron chi connectivity index (χ0n) is 18.8. The molecule has 1 aliphatic heterocycles. The third-order valence-electron chi connectivity index (χ3n) is 9.64. The number of benzene rings is 1. The van der Waals surface area contributed by atoms with Gasteiger partial charge in [0.25, 0.3) is 0 Å². The van der Waals surface area contributed by atoms with Crippen molar-refractivity contribution in [2.24, 2.45) is 34.5 Å². The molecule has 0 spiro atoms. The van der Waals surface area contributed by atoms with Crippen LogP contribution in [0, 0.1) is 34.5 Å². The first-order valence-corrected chi connectivity index (χ1v) is 12.7. The van der Waals surface area contributed by atoms with Gasteiger partial charge in [0.2, 0.25) is 5.91 Å².